The van der Waals surface area contributed by atoms with Crippen molar-refractivity contribution >= 4 is 0 Å². The monoisotopic (exact) mass is 257 g/mol. The second-order valence-corrected chi connectivity index (χ2v) is 4.99. The van der Waals surface area contributed by atoms with Gasteiger partial charge in [-0.1, -0.05) is 0 Å². The smallest absolute Gasteiger partial charge is 0.122 e. The highest BCUT2D eigenvalue weighted by atomic mass is 16.5. The Morgan fingerprint density at radius 2 is 2.26 bits per heavy atom. The normalized spacial score (nSPS) is 14.1. The van der Waals surface area contributed by atoms with Crippen LogP contribution >= 0.6 is 0 Å². The Hall–Kier alpha value is -1.81. The molecule has 1 aromatic carbocycles. The first-order chi connectivity index (χ1) is 9.20. The number of fused-ring (bicyclic) bond motifs is 1. The SMILES string of the molecule is Cc1nc(CN)c(-c2ccc3c(c2)CCCO3)n1C. The van der Waals surface area contributed by atoms with E-state index in [1.165, 1.54) is 11.1 Å². The van der Waals surface area contributed by atoms with E-state index in [4.69, 9.17) is 10.5 Å². The third kappa shape index (κ3) is 2.02. The van der Waals surface area contributed by atoms with Gasteiger partial charge in [0, 0.05) is 19.2 Å². The molecule has 100 valence electrons. The molecule has 0 radical (unpaired) electrons. The minimum Gasteiger partial charge on any atom is -0.493 e. The predicted octanol–water partition coefficient (Wildman–Crippen LogP) is 2.18. The molecular formula is C15H19N3O. The Bertz CT molecular complexity index is 616. The third-order valence-corrected chi connectivity index (χ3v) is 3.77. The van der Waals surface area contributed by atoms with E-state index >= 15 is 0 Å². The van der Waals surface area contributed by atoms with E-state index in [9.17, 15) is 0 Å². The number of aryl methyl sites for hydroxylation is 2. The van der Waals surface area contributed by atoms with Crippen LogP contribution in [0.15, 0.2) is 18.2 Å². The van der Waals surface area contributed by atoms with Gasteiger partial charge < -0.3 is 15.0 Å². The van der Waals surface area contributed by atoms with E-state index in [1.54, 1.807) is 0 Å². The van der Waals surface area contributed by atoms with Crippen molar-refractivity contribution in [2.75, 3.05) is 6.61 Å². The molecule has 4 nitrogen and oxygen atoms in total. The fourth-order valence-corrected chi connectivity index (χ4v) is 2.69. The van der Waals surface area contributed by atoms with Crippen LogP contribution in [0.2, 0.25) is 0 Å². The summed E-state index contributed by atoms with van der Waals surface area (Å²) in [6.45, 7) is 3.29. The van der Waals surface area contributed by atoms with Crippen molar-refractivity contribution in [1.82, 2.24) is 9.55 Å². The van der Waals surface area contributed by atoms with Crippen LogP contribution in [-0.2, 0) is 20.0 Å². The summed E-state index contributed by atoms with van der Waals surface area (Å²) in [6, 6.07) is 6.37. The van der Waals surface area contributed by atoms with Crippen molar-refractivity contribution in [2.45, 2.75) is 26.3 Å². The maximum Gasteiger partial charge on any atom is 0.122 e. The van der Waals surface area contributed by atoms with Crippen LogP contribution in [0.25, 0.3) is 11.3 Å². The number of rotatable bonds is 2. The molecule has 0 aliphatic carbocycles. The number of imidazole rings is 1. The molecule has 0 bridgehead atoms. The first-order valence-corrected chi connectivity index (χ1v) is 6.69. The van der Waals surface area contributed by atoms with Crippen LogP contribution in [0.5, 0.6) is 5.75 Å². The predicted molar refractivity (Wildman–Crippen MR) is 75.1 cm³/mol. The van der Waals surface area contributed by atoms with Crippen LogP contribution in [0, 0.1) is 6.92 Å². The van der Waals surface area contributed by atoms with Gasteiger partial charge in [0.25, 0.3) is 0 Å². The molecule has 0 fully saturated rings. The van der Waals surface area contributed by atoms with Gasteiger partial charge in [-0.15, -0.1) is 0 Å². The highest BCUT2D eigenvalue weighted by Gasteiger charge is 2.16. The molecule has 2 N–H and O–H groups in total. The molecule has 0 saturated heterocycles. The molecular weight excluding hydrogens is 238 g/mol. The van der Waals surface area contributed by atoms with Crippen LogP contribution in [-0.4, -0.2) is 16.2 Å². The maximum absolute atomic E-state index is 5.81. The second kappa shape index (κ2) is 4.70. The van der Waals surface area contributed by atoms with Gasteiger partial charge in [-0.25, -0.2) is 4.98 Å². The minimum absolute atomic E-state index is 0.463. The van der Waals surface area contributed by atoms with Gasteiger partial charge in [0.1, 0.15) is 11.6 Å². The second-order valence-electron chi connectivity index (χ2n) is 4.99. The van der Waals surface area contributed by atoms with Crippen molar-refractivity contribution in [2.24, 2.45) is 12.8 Å². The first kappa shape index (κ1) is 12.2. The number of hydrogen-bond donors (Lipinski definition) is 1. The van der Waals surface area contributed by atoms with Gasteiger partial charge in [-0.2, -0.15) is 0 Å². The fraction of sp³-hybridized carbons (Fsp3) is 0.400. The largest absolute Gasteiger partial charge is 0.493 e. The lowest BCUT2D eigenvalue weighted by Gasteiger charge is -2.18. The standard InChI is InChI=1S/C15H19N3O/c1-10-17-13(9-16)15(18(10)2)12-5-6-14-11(8-12)4-3-7-19-14/h5-6,8H,3-4,7,9,16H2,1-2H3. The highest BCUT2D eigenvalue weighted by molar-refractivity contribution is 5.65. The zero-order valence-corrected chi connectivity index (χ0v) is 11.4. The lowest BCUT2D eigenvalue weighted by Crippen LogP contribution is -2.08. The van der Waals surface area contributed by atoms with E-state index in [1.807, 2.05) is 14.0 Å². The summed E-state index contributed by atoms with van der Waals surface area (Å²) in [5, 5.41) is 0. The van der Waals surface area contributed by atoms with E-state index < -0.39 is 0 Å². The van der Waals surface area contributed by atoms with Crippen molar-refractivity contribution in [3.05, 3.63) is 35.3 Å². The number of nitrogens with two attached hydrogens (primary N) is 1. The average Bonchev–Trinajstić information content (AvgIpc) is 2.74. The molecule has 0 amide bonds. The summed E-state index contributed by atoms with van der Waals surface area (Å²) in [7, 11) is 2.03. The van der Waals surface area contributed by atoms with Gasteiger partial charge in [0.05, 0.1) is 18.0 Å². The van der Waals surface area contributed by atoms with Crippen LogP contribution in [0.1, 0.15) is 23.5 Å². The number of hydrogen-bond acceptors (Lipinski definition) is 3. The molecule has 0 spiro atoms. The molecule has 0 unspecified atom stereocenters. The van der Waals surface area contributed by atoms with Crippen LogP contribution in [0.3, 0.4) is 0 Å². The number of benzene rings is 1. The summed E-state index contributed by atoms with van der Waals surface area (Å²) in [5.74, 6) is 2.01. The lowest BCUT2D eigenvalue weighted by molar-refractivity contribution is 0.288. The van der Waals surface area contributed by atoms with Crippen molar-refractivity contribution in [1.29, 1.82) is 0 Å². The maximum atomic E-state index is 5.81. The number of ether oxygens (including phenoxy) is 1. The molecule has 0 atom stereocenters. The Morgan fingerprint density at radius 3 is 3.05 bits per heavy atom. The zero-order chi connectivity index (χ0) is 13.4. The van der Waals surface area contributed by atoms with E-state index in [0.29, 0.717) is 6.54 Å². The molecule has 1 aliphatic heterocycles. The van der Waals surface area contributed by atoms with Crippen LogP contribution < -0.4 is 10.5 Å². The van der Waals surface area contributed by atoms with Crippen LogP contribution in [0.4, 0.5) is 0 Å². The van der Waals surface area contributed by atoms with Gasteiger partial charge in [0.15, 0.2) is 0 Å². The molecule has 1 aromatic heterocycles. The molecule has 2 aromatic rings. The average molecular weight is 257 g/mol. The van der Waals surface area contributed by atoms with Crippen molar-refractivity contribution in [3.8, 4) is 17.0 Å². The Kier molecular flexibility index (Phi) is 3.03. The Morgan fingerprint density at radius 1 is 1.42 bits per heavy atom. The lowest BCUT2D eigenvalue weighted by atomic mass is 10.0. The summed E-state index contributed by atoms with van der Waals surface area (Å²) in [5.41, 5.74) is 10.3. The molecule has 3 rings (SSSR count). The van der Waals surface area contributed by atoms with Gasteiger partial charge >= 0.3 is 0 Å². The molecule has 4 heteroatoms. The Labute approximate surface area is 113 Å². The third-order valence-electron chi connectivity index (χ3n) is 3.77. The zero-order valence-electron chi connectivity index (χ0n) is 11.4. The molecule has 1 aliphatic rings. The van der Waals surface area contributed by atoms with Gasteiger partial charge in [-0.3, -0.25) is 0 Å². The molecule has 19 heavy (non-hydrogen) atoms. The van der Waals surface area contributed by atoms with Crippen molar-refractivity contribution < 1.29 is 4.74 Å². The fourth-order valence-electron chi connectivity index (χ4n) is 2.69. The summed E-state index contributed by atoms with van der Waals surface area (Å²) in [6.07, 6.45) is 2.17. The molecule has 0 saturated carbocycles. The molecule has 2 heterocycles. The quantitative estimate of drug-likeness (QED) is 0.897. The number of nitrogens with zero attached hydrogens (tertiary/aromatic N) is 2. The summed E-state index contributed by atoms with van der Waals surface area (Å²) in [4.78, 5) is 4.52. The Balaban J connectivity index is 2.12. The van der Waals surface area contributed by atoms with E-state index in [2.05, 4.69) is 27.8 Å². The topological polar surface area (TPSA) is 53.1 Å². The minimum atomic E-state index is 0.463. The van der Waals surface area contributed by atoms with Gasteiger partial charge in [0.2, 0.25) is 0 Å². The van der Waals surface area contributed by atoms with E-state index in [-0.39, 0.29) is 0 Å². The van der Waals surface area contributed by atoms with Gasteiger partial charge in [-0.05, 0) is 43.5 Å². The summed E-state index contributed by atoms with van der Waals surface area (Å²) < 4.78 is 7.76. The highest BCUT2D eigenvalue weighted by Crippen LogP contribution is 2.31. The van der Waals surface area contributed by atoms with E-state index in [0.717, 1.165) is 42.4 Å². The summed E-state index contributed by atoms with van der Waals surface area (Å²) >= 11 is 0. The van der Waals surface area contributed by atoms with Crippen molar-refractivity contribution in [3.63, 3.8) is 0 Å². The number of aromatic nitrogens is 2. The first-order valence-electron chi connectivity index (χ1n) is 6.69.